The first kappa shape index (κ1) is 19.4. The van der Waals surface area contributed by atoms with Gasteiger partial charge in [0.2, 0.25) is 5.91 Å². The van der Waals surface area contributed by atoms with Crippen molar-refractivity contribution in [2.24, 2.45) is 11.8 Å². The first-order valence-corrected chi connectivity index (χ1v) is 11.6. The molecule has 4 rings (SSSR count). The van der Waals surface area contributed by atoms with Gasteiger partial charge in [0.05, 0.1) is 5.75 Å². The number of thiophene rings is 1. The molecule has 1 aliphatic rings. The van der Waals surface area contributed by atoms with Gasteiger partial charge in [-0.3, -0.25) is 4.79 Å². The number of thioether (sulfide) groups is 1. The van der Waals surface area contributed by atoms with E-state index in [0.717, 1.165) is 21.7 Å². The zero-order valence-corrected chi connectivity index (χ0v) is 17.9. The lowest BCUT2D eigenvalue weighted by Crippen LogP contribution is -2.44. The quantitative estimate of drug-likeness (QED) is 0.452. The third-order valence-electron chi connectivity index (χ3n) is 5.74. The van der Waals surface area contributed by atoms with E-state index in [1.807, 2.05) is 18.2 Å². The van der Waals surface area contributed by atoms with Gasteiger partial charge in [0.15, 0.2) is 0 Å². The highest BCUT2D eigenvalue weighted by atomic mass is 32.2. The lowest BCUT2D eigenvalue weighted by atomic mass is 9.78. The van der Waals surface area contributed by atoms with E-state index >= 15 is 0 Å². The smallest absolute Gasteiger partial charge is 0.230 e. The van der Waals surface area contributed by atoms with Gasteiger partial charge in [-0.2, -0.15) is 0 Å². The molecule has 3 atom stereocenters. The van der Waals surface area contributed by atoms with Crippen LogP contribution in [0.4, 0.5) is 0 Å². The maximum Gasteiger partial charge on any atom is 0.230 e. The molecule has 0 unspecified atom stereocenters. The molecule has 4 nitrogen and oxygen atoms in total. The zero-order valence-electron chi connectivity index (χ0n) is 16.2. The molecule has 0 saturated heterocycles. The van der Waals surface area contributed by atoms with Gasteiger partial charge in [-0.25, -0.2) is 9.97 Å². The highest BCUT2D eigenvalue weighted by Crippen LogP contribution is 2.36. The summed E-state index contributed by atoms with van der Waals surface area (Å²) < 4.78 is 0. The second kappa shape index (κ2) is 8.62. The fourth-order valence-electron chi connectivity index (χ4n) is 3.86. The number of aromatic nitrogens is 2. The van der Waals surface area contributed by atoms with Crippen LogP contribution >= 0.6 is 23.1 Å². The van der Waals surface area contributed by atoms with Crippen LogP contribution in [0.3, 0.4) is 0 Å². The molecule has 0 radical (unpaired) electrons. The van der Waals surface area contributed by atoms with Crippen LogP contribution < -0.4 is 5.32 Å². The number of carbonyl (C=O) groups excluding carboxylic acids is 1. The second-order valence-corrected chi connectivity index (χ2v) is 9.60. The van der Waals surface area contributed by atoms with Crippen LogP contribution in [-0.2, 0) is 4.79 Å². The van der Waals surface area contributed by atoms with Crippen LogP contribution in [-0.4, -0.2) is 27.7 Å². The van der Waals surface area contributed by atoms with E-state index in [0.29, 0.717) is 23.6 Å². The molecule has 3 aromatic rings. The molecule has 1 amide bonds. The Bertz CT molecular complexity index is 957. The molecule has 0 bridgehead atoms. The molecule has 1 N–H and O–H groups in total. The Hall–Kier alpha value is -1.92. The molecule has 1 aromatic carbocycles. The van der Waals surface area contributed by atoms with Crippen LogP contribution in [0.15, 0.2) is 47.8 Å². The second-order valence-electron chi connectivity index (χ2n) is 7.60. The van der Waals surface area contributed by atoms with Crippen LogP contribution in [0.25, 0.3) is 20.7 Å². The highest BCUT2D eigenvalue weighted by Gasteiger charge is 2.28. The summed E-state index contributed by atoms with van der Waals surface area (Å²) in [6.07, 6.45) is 5.15. The number of hydrogen-bond donors (Lipinski definition) is 1. The number of carbonyl (C=O) groups is 1. The normalized spacial score (nSPS) is 22.3. The number of amides is 1. The minimum Gasteiger partial charge on any atom is -0.352 e. The molecule has 0 spiro atoms. The third kappa shape index (κ3) is 4.23. The molecule has 0 aliphatic heterocycles. The number of hydrogen-bond acceptors (Lipinski definition) is 5. The topological polar surface area (TPSA) is 54.9 Å². The monoisotopic (exact) mass is 411 g/mol. The van der Waals surface area contributed by atoms with E-state index < -0.39 is 0 Å². The maximum atomic E-state index is 12.5. The lowest BCUT2D eigenvalue weighted by molar-refractivity contribution is -0.119. The van der Waals surface area contributed by atoms with Crippen LogP contribution in [0.5, 0.6) is 0 Å². The summed E-state index contributed by atoms with van der Waals surface area (Å²) in [5, 5.41) is 5.16. The first-order valence-electron chi connectivity index (χ1n) is 9.84. The van der Waals surface area contributed by atoms with Crippen LogP contribution in [0.1, 0.15) is 33.1 Å². The highest BCUT2D eigenvalue weighted by molar-refractivity contribution is 8.00. The maximum absolute atomic E-state index is 12.5. The third-order valence-corrected chi connectivity index (χ3v) is 7.84. The Balaban J connectivity index is 1.44. The summed E-state index contributed by atoms with van der Waals surface area (Å²) in [5.74, 6) is 1.70. The van der Waals surface area contributed by atoms with Gasteiger partial charge in [-0.15, -0.1) is 11.3 Å². The van der Waals surface area contributed by atoms with Crippen molar-refractivity contribution in [1.29, 1.82) is 0 Å². The van der Waals surface area contributed by atoms with Gasteiger partial charge in [-0.1, -0.05) is 68.8 Å². The first-order chi connectivity index (χ1) is 13.6. The molecule has 1 aliphatic carbocycles. The van der Waals surface area contributed by atoms with Gasteiger partial charge in [0.1, 0.15) is 16.2 Å². The lowest BCUT2D eigenvalue weighted by Gasteiger charge is -2.34. The van der Waals surface area contributed by atoms with Crippen LogP contribution in [0, 0.1) is 11.8 Å². The van der Waals surface area contributed by atoms with Crippen LogP contribution in [0.2, 0.25) is 0 Å². The fourth-order valence-corrected chi connectivity index (χ4v) is 5.71. The summed E-state index contributed by atoms with van der Waals surface area (Å²) in [4.78, 5) is 23.5. The molecule has 28 heavy (non-hydrogen) atoms. The SMILES string of the molecule is C[C@@H]1[C@H](C)CCC[C@@H]1NC(=O)CSc1ncnc2sc(-c3ccccc3)cc12. The van der Waals surface area contributed by atoms with E-state index in [9.17, 15) is 4.79 Å². The van der Waals surface area contributed by atoms with Gasteiger partial charge in [-0.05, 0) is 29.9 Å². The Morgan fingerprint density at radius 2 is 2.04 bits per heavy atom. The standard InChI is InChI=1S/C22H25N3OS2/c1-14-7-6-10-18(15(14)2)25-20(26)12-27-21-17-11-19(16-8-4-3-5-9-16)28-22(17)24-13-23-21/h3-5,8-9,11,13-15,18H,6-7,10,12H2,1-2H3,(H,25,26)/t14-,15-,18+/m1/s1. The molecular weight excluding hydrogens is 386 g/mol. The van der Waals surface area contributed by atoms with Gasteiger partial charge in [0.25, 0.3) is 0 Å². The molecule has 146 valence electrons. The van der Waals surface area contributed by atoms with Crippen molar-refractivity contribution in [3.8, 4) is 10.4 Å². The number of benzene rings is 1. The van der Waals surface area contributed by atoms with E-state index in [4.69, 9.17) is 0 Å². The minimum absolute atomic E-state index is 0.0984. The summed E-state index contributed by atoms with van der Waals surface area (Å²) in [7, 11) is 0. The Labute approximate surface area is 174 Å². The molecule has 6 heteroatoms. The minimum atomic E-state index is 0.0984. The summed E-state index contributed by atoms with van der Waals surface area (Å²) in [5.41, 5.74) is 1.18. The Kier molecular flexibility index (Phi) is 5.97. The predicted octanol–water partition coefficient (Wildman–Crippen LogP) is 5.39. The van der Waals surface area contributed by atoms with Crippen molar-refractivity contribution in [3.05, 3.63) is 42.7 Å². The van der Waals surface area contributed by atoms with Crippen molar-refractivity contribution in [1.82, 2.24) is 15.3 Å². The predicted molar refractivity (Wildman–Crippen MR) is 118 cm³/mol. The van der Waals surface area contributed by atoms with Gasteiger partial charge in [0, 0.05) is 16.3 Å². The van der Waals surface area contributed by atoms with Crippen molar-refractivity contribution >= 4 is 39.2 Å². The Morgan fingerprint density at radius 1 is 1.21 bits per heavy atom. The number of fused-ring (bicyclic) bond motifs is 1. The van der Waals surface area contributed by atoms with E-state index in [2.05, 4.69) is 47.3 Å². The fraction of sp³-hybridized carbons (Fsp3) is 0.409. The molecule has 1 fully saturated rings. The number of nitrogens with zero attached hydrogens (tertiary/aromatic N) is 2. The van der Waals surface area contributed by atoms with E-state index in [-0.39, 0.29) is 5.91 Å². The Morgan fingerprint density at radius 3 is 2.86 bits per heavy atom. The molecule has 2 heterocycles. The number of nitrogens with one attached hydrogen (secondary N) is 1. The average molecular weight is 412 g/mol. The van der Waals surface area contributed by atoms with Crippen molar-refractivity contribution in [3.63, 3.8) is 0 Å². The summed E-state index contributed by atoms with van der Waals surface area (Å²) in [6.45, 7) is 4.54. The van der Waals surface area contributed by atoms with Crippen molar-refractivity contribution < 1.29 is 4.79 Å². The molecule has 2 aromatic heterocycles. The molecule has 1 saturated carbocycles. The summed E-state index contributed by atoms with van der Waals surface area (Å²) in [6, 6.07) is 12.7. The van der Waals surface area contributed by atoms with Crippen molar-refractivity contribution in [2.45, 2.75) is 44.2 Å². The van der Waals surface area contributed by atoms with Crippen molar-refractivity contribution in [2.75, 3.05) is 5.75 Å². The largest absolute Gasteiger partial charge is 0.352 e. The average Bonchev–Trinajstić information content (AvgIpc) is 3.15. The number of rotatable bonds is 5. The van der Waals surface area contributed by atoms with E-state index in [1.54, 1.807) is 17.7 Å². The van der Waals surface area contributed by atoms with Gasteiger partial charge < -0.3 is 5.32 Å². The zero-order chi connectivity index (χ0) is 19.5. The van der Waals surface area contributed by atoms with Gasteiger partial charge >= 0.3 is 0 Å². The summed E-state index contributed by atoms with van der Waals surface area (Å²) >= 11 is 3.16. The van der Waals surface area contributed by atoms with E-state index in [1.165, 1.54) is 35.0 Å². The molecular formula is C22H25N3OS2.